The van der Waals surface area contributed by atoms with E-state index in [1.54, 1.807) is 73.9 Å². The third-order valence-electron chi connectivity index (χ3n) is 11.2. The number of carbonyl (C=O) groups excluding carboxylic acids is 5. The van der Waals surface area contributed by atoms with E-state index in [9.17, 15) is 33.9 Å². The molecular formula is C45H54N6O12. The number of benzene rings is 2. The Kier molecular flexibility index (Phi) is 14.5. The van der Waals surface area contributed by atoms with Gasteiger partial charge in [0.15, 0.2) is 0 Å². The van der Waals surface area contributed by atoms with Gasteiger partial charge in [0, 0.05) is 34.3 Å². The van der Waals surface area contributed by atoms with Crippen molar-refractivity contribution in [1.29, 1.82) is 0 Å². The molecule has 63 heavy (non-hydrogen) atoms. The van der Waals surface area contributed by atoms with Crippen LogP contribution in [0.2, 0.25) is 0 Å². The molecule has 2 atom stereocenters. The van der Waals surface area contributed by atoms with Crippen LogP contribution in [0.25, 0.3) is 22.3 Å². The lowest BCUT2D eigenvalue weighted by Gasteiger charge is -2.35. The first-order valence-corrected chi connectivity index (χ1v) is 21.0. The standard InChI is InChI=1S/C45H54N6O12/c1-5-29-30-19-28(53)14-15-34(30)49-39-31(29)21-51-36(39)20-33-32(41(51)57)23-61-42(58)45(33,6-2)63-43(59)62-22-26-10-12-27(13-11-26)47-40(56)35(9-7-8-17-46)48-37(54)24-60-25-38(55)50-44(3,4)16-18-52/h10-15,19-20,35,52-53H,5-9,16-18,21-25,46H2,1-4H3,(H,47,56)(H,48,54)(H,50,55). The number of cyclic esters (lactones) is 1. The summed E-state index contributed by atoms with van der Waals surface area (Å²) in [5, 5.41) is 28.3. The highest BCUT2D eigenvalue weighted by Crippen LogP contribution is 2.42. The summed E-state index contributed by atoms with van der Waals surface area (Å²) in [7, 11) is 0. The van der Waals surface area contributed by atoms with Crippen molar-refractivity contribution >= 4 is 46.4 Å². The quantitative estimate of drug-likeness (QED) is 0.0513. The minimum absolute atomic E-state index is 0.0643. The zero-order chi connectivity index (χ0) is 45.5. The molecule has 4 aromatic rings. The van der Waals surface area contributed by atoms with E-state index in [1.165, 1.54) is 0 Å². The number of amides is 3. The molecule has 0 spiro atoms. The maximum Gasteiger partial charge on any atom is 0.510 e. The Morgan fingerprint density at radius 3 is 2.46 bits per heavy atom. The summed E-state index contributed by atoms with van der Waals surface area (Å²) in [4.78, 5) is 84.0. The molecule has 0 radical (unpaired) electrons. The van der Waals surface area contributed by atoms with Gasteiger partial charge in [0.25, 0.3) is 5.56 Å². The molecule has 0 saturated heterocycles. The van der Waals surface area contributed by atoms with Crippen molar-refractivity contribution < 1.29 is 53.1 Å². The van der Waals surface area contributed by atoms with Crippen LogP contribution in [0.4, 0.5) is 10.5 Å². The van der Waals surface area contributed by atoms with Crippen molar-refractivity contribution in [3.8, 4) is 17.1 Å². The molecule has 18 heteroatoms. The molecule has 0 aliphatic carbocycles. The van der Waals surface area contributed by atoms with E-state index >= 15 is 0 Å². The lowest BCUT2D eigenvalue weighted by molar-refractivity contribution is -0.175. The van der Waals surface area contributed by atoms with Gasteiger partial charge in [0.1, 0.15) is 38.2 Å². The fraction of sp³-hybridized carbons (Fsp3) is 0.444. The molecule has 3 amide bonds. The molecule has 0 fully saturated rings. The third kappa shape index (κ3) is 10.3. The number of aliphatic hydroxyl groups is 1. The van der Waals surface area contributed by atoms with Crippen molar-refractivity contribution in [3.05, 3.63) is 86.7 Å². The number of hydrogen-bond acceptors (Lipinski definition) is 14. The number of anilines is 1. The molecule has 18 nitrogen and oxygen atoms in total. The topological polar surface area (TPSA) is 260 Å². The number of nitrogens with two attached hydrogens (primary N) is 1. The van der Waals surface area contributed by atoms with Crippen molar-refractivity contribution in [3.63, 3.8) is 0 Å². The molecule has 2 aliphatic heterocycles. The van der Waals surface area contributed by atoms with Gasteiger partial charge in [-0.05, 0) is 106 Å². The Morgan fingerprint density at radius 2 is 1.76 bits per heavy atom. The number of aromatic hydroxyl groups is 1. The number of nitrogens with one attached hydrogen (secondary N) is 3. The highest BCUT2D eigenvalue weighted by Gasteiger charge is 2.51. The Labute approximate surface area is 363 Å². The van der Waals surface area contributed by atoms with E-state index in [1.807, 2.05) is 6.92 Å². The van der Waals surface area contributed by atoms with Crippen LogP contribution in [-0.2, 0) is 69.9 Å². The molecule has 0 saturated carbocycles. The number of pyridine rings is 2. The van der Waals surface area contributed by atoms with Crippen LogP contribution >= 0.6 is 0 Å². The Hall–Kier alpha value is -6.37. The maximum absolute atomic E-state index is 14.0. The van der Waals surface area contributed by atoms with Crippen molar-refractivity contribution in [2.45, 2.75) is 103 Å². The van der Waals surface area contributed by atoms with E-state index in [4.69, 9.17) is 34.8 Å². The highest BCUT2D eigenvalue weighted by atomic mass is 16.7. The van der Waals surface area contributed by atoms with Crippen LogP contribution in [0, 0.1) is 0 Å². The Balaban J connectivity index is 1.09. The predicted octanol–water partition coefficient (Wildman–Crippen LogP) is 3.55. The number of rotatable bonds is 19. The second kappa shape index (κ2) is 19.8. The number of nitrogens with zero attached hydrogens (tertiary/aromatic N) is 2. The number of phenolic OH excluding ortho intramolecular Hbond substituents is 1. The summed E-state index contributed by atoms with van der Waals surface area (Å²) in [5.41, 5.74) is 7.29. The van der Waals surface area contributed by atoms with Crippen molar-refractivity contribution in [2.75, 3.05) is 31.7 Å². The molecule has 7 N–H and O–H groups in total. The molecule has 2 aliphatic rings. The second-order valence-corrected chi connectivity index (χ2v) is 16.2. The first-order valence-electron chi connectivity index (χ1n) is 21.0. The van der Waals surface area contributed by atoms with Crippen LogP contribution in [0.3, 0.4) is 0 Å². The number of aryl methyl sites for hydroxylation is 1. The molecule has 2 aromatic carbocycles. The summed E-state index contributed by atoms with van der Waals surface area (Å²) < 4.78 is 23.5. The smallest absolute Gasteiger partial charge is 0.508 e. The predicted molar refractivity (Wildman–Crippen MR) is 229 cm³/mol. The number of aromatic nitrogens is 2. The lowest BCUT2D eigenvalue weighted by atomic mass is 9.85. The number of carbonyl (C=O) groups is 5. The first kappa shape index (κ1) is 46.1. The molecule has 2 aromatic heterocycles. The monoisotopic (exact) mass is 870 g/mol. The number of esters is 1. The van der Waals surface area contributed by atoms with Crippen LogP contribution in [-0.4, -0.2) is 87.6 Å². The van der Waals surface area contributed by atoms with Gasteiger partial charge in [-0.1, -0.05) is 26.0 Å². The number of ether oxygens (including phenoxy) is 4. The fourth-order valence-corrected chi connectivity index (χ4v) is 7.93. The molecule has 2 unspecified atom stereocenters. The SMILES string of the molecule is CCc1c2c(nc3ccc(O)cc13)-c1cc3c(c(=O)n1C2)COC(=O)C3(CC)OC(=O)OCc1ccc(NC(=O)C(CCCCN)NC(=O)COCC(=O)NC(C)(C)CCO)cc1. The summed E-state index contributed by atoms with van der Waals surface area (Å²) in [5.74, 6) is -2.29. The van der Waals surface area contributed by atoms with Gasteiger partial charge in [-0.25, -0.2) is 14.6 Å². The largest absolute Gasteiger partial charge is 0.510 e. The zero-order valence-electron chi connectivity index (χ0n) is 35.8. The first-order chi connectivity index (χ1) is 30.1. The maximum atomic E-state index is 14.0. The van der Waals surface area contributed by atoms with Crippen LogP contribution in [0.15, 0.2) is 53.3 Å². The zero-order valence-corrected chi connectivity index (χ0v) is 35.8. The van der Waals surface area contributed by atoms with Crippen LogP contribution in [0.1, 0.15) is 87.6 Å². The molecular weight excluding hydrogens is 817 g/mol. The van der Waals surface area contributed by atoms with E-state index in [2.05, 4.69) is 16.0 Å². The van der Waals surface area contributed by atoms with Crippen molar-refractivity contribution in [1.82, 2.24) is 20.2 Å². The molecule has 4 heterocycles. The average Bonchev–Trinajstić information content (AvgIpc) is 3.61. The van der Waals surface area contributed by atoms with E-state index in [0.717, 1.165) is 16.5 Å². The Morgan fingerprint density at radius 1 is 1.02 bits per heavy atom. The number of aliphatic hydroxyl groups excluding tert-OH is 1. The number of phenols is 1. The minimum atomic E-state index is -1.98. The number of hydrogen-bond donors (Lipinski definition) is 6. The van der Waals surface area contributed by atoms with Gasteiger partial charge >= 0.3 is 12.1 Å². The van der Waals surface area contributed by atoms with E-state index in [-0.39, 0.29) is 56.3 Å². The summed E-state index contributed by atoms with van der Waals surface area (Å²) in [6.45, 7) is 6.23. The normalized spacial score (nSPS) is 15.7. The molecule has 0 bridgehead atoms. The van der Waals surface area contributed by atoms with Crippen LogP contribution < -0.4 is 27.2 Å². The summed E-state index contributed by atoms with van der Waals surface area (Å²) in [6.07, 6.45) is 1.19. The highest BCUT2D eigenvalue weighted by molar-refractivity contribution is 5.97. The Bertz CT molecular complexity index is 2450. The van der Waals surface area contributed by atoms with Gasteiger partial charge in [0.2, 0.25) is 23.3 Å². The fourth-order valence-electron chi connectivity index (χ4n) is 7.93. The second-order valence-electron chi connectivity index (χ2n) is 16.2. The third-order valence-corrected chi connectivity index (χ3v) is 11.2. The van der Waals surface area contributed by atoms with E-state index in [0.29, 0.717) is 66.8 Å². The number of unbranched alkanes of at least 4 members (excludes halogenated alkanes) is 1. The van der Waals surface area contributed by atoms with Crippen molar-refractivity contribution in [2.24, 2.45) is 5.73 Å². The van der Waals surface area contributed by atoms with Gasteiger partial charge < -0.3 is 55.4 Å². The summed E-state index contributed by atoms with van der Waals surface area (Å²) >= 11 is 0. The number of fused-ring (bicyclic) bond motifs is 5. The molecule has 336 valence electrons. The van der Waals surface area contributed by atoms with Gasteiger partial charge in [-0.3, -0.25) is 19.2 Å². The van der Waals surface area contributed by atoms with Gasteiger partial charge in [-0.15, -0.1) is 0 Å². The van der Waals surface area contributed by atoms with Gasteiger partial charge in [-0.2, -0.15) is 0 Å². The van der Waals surface area contributed by atoms with Crippen LogP contribution in [0.5, 0.6) is 5.75 Å². The summed E-state index contributed by atoms with van der Waals surface area (Å²) in [6, 6.07) is 12.0. The van der Waals surface area contributed by atoms with E-state index < -0.39 is 59.2 Å². The molecule has 6 rings (SSSR count). The minimum Gasteiger partial charge on any atom is -0.508 e. The average molecular weight is 871 g/mol. The lowest BCUT2D eigenvalue weighted by Crippen LogP contribution is -2.47. The van der Waals surface area contributed by atoms with Gasteiger partial charge in [0.05, 0.1) is 29.0 Å².